The highest BCUT2D eigenvalue weighted by Crippen LogP contribution is 2.30. The van der Waals surface area contributed by atoms with Crippen molar-refractivity contribution in [1.82, 2.24) is 0 Å². The molecule has 1 fully saturated rings. The fraction of sp³-hybridized carbons (Fsp3) is 0.455. The Kier molecular flexibility index (Phi) is 2.99. The number of hydrogen-bond acceptors (Lipinski definition) is 3. The van der Waals surface area contributed by atoms with Crippen molar-refractivity contribution in [2.24, 2.45) is 0 Å². The van der Waals surface area contributed by atoms with Crippen LogP contribution in [-0.2, 0) is 4.74 Å². The molecule has 0 amide bonds. The molecular formula is C11H15NOS. The van der Waals surface area contributed by atoms with Gasteiger partial charge in [-0.25, -0.2) is 0 Å². The summed E-state index contributed by atoms with van der Waals surface area (Å²) in [6, 6.07) is 6.31. The normalized spacial score (nSPS) is 21.4. The molecule has 0 saturated carbocycles. The quantitative estimate of drug-likeness (QED) is 0.600. The van der Waals surface area contributed by atoms with Crippen LogP contribution in [0.15, 0.2) is 23.1 Å². The Morgan fingerprint density at radius 3 is 3.00 bits per heavy atom. The van der Waals surface area contributed by atoms with Gasteiger partial charge in [-0.1, -0.05) is 6.07 Å². The van der Waals surface area contributed by atoms with Crippen molar-refractivity contribution < 1.29 is 4.74 Å². The third kappa shape index (κ3) is 1.88. The number of nitrogens with two attached hydrogens (primary N) is 1. The van der Waals surface area contributed by atoms with E-state index in [1.54, 1.807) is 11.8 Å². The minimum Gasteiger partial charge on any atom is -0.398 e. The SMILES string of the molecule is CSc1cc(C2CCOC2)ccc1N. The topological polar surface area (TPSA) is 35.2 Å². The van der Waals surface area contributed by atoms with Crippen molar-refractivity contribution in [2.75, 3.05) is 25.2 Å². The predicted molar refractivity (Wildman–Crippen MR) is 60.8 cm³/mol. The predicted octanol–water partition coefficient (Wildman–Crippen LogP) is 2.49. The highest BCUT2D eigenvalue weighted by molar-refractivity contribution is 7.98. The van der Waals surface area contributed by atoms with Crippen molar-refractivity contribution in [1.29, 1.82) is 0 Å². The Hall–Kier alpha value is -0.670. The maximum atomic E-state index is 5.85. The molecule has 1 aromatic rings. The van der Waals surface area contributed by atoms with Crippen LogP contribution in [0.1, 0.15) is 17.9 Å². The molecule has 76 valence electrons. The van der Waals surface area contributed by atoms with Gasteiger partial charge in [-0.2, -0.15) is 0 Å². The highest BCUT2D eigenvalue weighted by Gasteiger charge is 2.18. The van der Waals surface area contributed by atoms with Crippen molar-refractivity contribution in [3.05, 3.63) is 23.8 Å². The van der Waals surface area contributed by atoms with Gasteiger partial charge in [0.05, 0.1) is 6.61 Å². The summed E-state index contributed by atoms with van der Waals surface area (Å²) in [6.45, 7) is 1.75. The van der Waals surface area contributed by atoms with Crippen molar-refractivity contribution in [3.8, 4) is 0 Å². The third-order valence-electron chi connectivity index (χ3n) is 2.66. The summed E-state index contributed by atoms with van der Waals surface area (Å²) in [5.74, 6) is 0.571. The van der Waals surface area contributed by atoms with Gasteiger partial charge in [0.2, 0.25) is 0 Å². The number of benzene rings is 1. The second kappa shape index (κ2) is 4.24. The zero-order chi connectivity index (χ0) is 9.97. The molecule has 0 bridgehead atoms. The van der Waals surface area contributed by atoms with E-state index in [4.69, 9.17) is 10.5 Å². The van der Waals surface area contributed by atoms with Crippen LogP contribution in [0.3, 0.4) is 0 Å². The summed E-state index contributed by atoms with van der Waals surface area (Å²) < 4.78 is 5.38. The average Bonchev–Trinajstić information content (AvgIpc) is 2.71. The first kappa shape index (κ1) is 9.87. The maximum Gasteiger partial charge on any atom is 0.0535 e. The van der Waals surface area contributed by atoms with Gasteiger partial charge in [0.25, 0.3) is 0 Å². The molecular weight excluding hydrogens is 194 g/mol. The van der Waals surface area contributed by atoms with Gasteiger partial charge < -0.3 is 10.5 Å². The second-order valence-electron chi connectivity index (χ2n) is 3.56. The lowest BCUT2D eigenvalue weighted by atomic mass is 9.98. The molecule has 0 spiro atoms. The van der Waals surface area contributed by atoms with E-state index < -0.39 is 0 Å². The Labute approximate surface area is 88.8 Å². The molecule has 0 aromatic heterocycles. The van der Waals surface area contributed by atoms with Crippen LogP contribution in [-0.4, -0.2) is 19.5 Å². The molecule has 1 atom stereocenters. The Bertz CT molecular complexity index is 321. The molecule has 1 unspecified atom stereocenters. The van der Waals surface area contributed by atoms with Crippen molar-refractivity contribution in [2.45, 2.75) is 17.2 Å². The lowest BCUT2D eigenvalue weighted by Gasteiger charge is -2.10. The molecule has 3 heteroatoms. The van der Waals surface area contributed by atoms with E-state index in [0.29, 0.717) is 5.92 Å². The smallest absolute Gasteiger partial charge is 0.0535 e. The first-order chi connectivity index (χ1) is 6.81. The molecule has 2 nitrogen and oxygen atoms in total. The first-order valence-electron chi connectivity index (χ1n) is 4.82. The molecule has 0 radical (unpaired) electrons. The van der Waals surface area contributed by atoms with Crippen LogP contribution < -0.4 is 5.73 Å². The summed E-state index contributed by atoms with van der Waals surface area (Å²) in [7, 11) is 0. The summed E-state index contributed by atoms with van der Waals surface area (Å²) >= 11 is 1.70. The van der Waals surface area contributed by atoms with Gasteiger partial charge in [0.15, 0.2) is 0 Å². The van der Waals surface area contributed by atoms with E-state index >= 15 is 0 Å². The number of nitrogen functional groups attached to an aromatic ring is 1. The minimum atomic E-state index is 0.571. The molecule has 14 heavy (non-hydrogen) atoms. The molecule has 1 aromatic carbocycles. The summed E-state index contributed by atoms with van der Waals surface area (Å²) in [6.07, 6.45) is 3.19. The van der Waals surface area contributed by atoms with E-state index in [9.17, 15) is 0 Å². The average molecular weight is 209 g/mol. The molecule has 1 saturated heterocycles. The third-order valence-corrected chi connectivity index (χ3v) is 3.45. The van der Waals surface area contributed by atoms with Gasteiger partial charge in [0.1, 0.15) is 0 Å². The summed E-state index contributed by atoms with van der Waals surface area (Å²) in [4.78, 5) is 1.18. The van der Waals surface area contributed by atoms with E-state index in [-0.39, 0.29) is 0 Å². The van der Waals surface area contributed by atoms with E-state index in [0.717, 1.165) is 25.3 Å². The van der Waals surface area contributed by atoms with E-state index in [1.165, 1.54) is 10.5 Å². The van der Waals surface area contributed by atoms with Gasteiger partial charge in [-0.05, 0) is 30.4 Å². The Balaban J connectivity index is 2.25. The zero-order valence-corrected chi connectivity index (χ0v) is 9.14. The fourth-order valence-corrected chi connectivity index (χ4v) is 2.34. The van der Waals surface area contributed by atoms with E-state index in [2.05, 4.69) is 18.4 Å². The van der Waals surface area contributed by atoms with Crippen LogP contribution in [0.25, 0.3) is 0 Å². The molecule has 0 aliphatic carbocycles. The summed E-state index contributed by atoms with van der Waals surface area (Å²) in [5, 5.41) is 0. The number of hydrogen-bond donors (Lipinski definition) is 1. The number of thioether (sulfide) groups is 1. The van der Waals surface area contributed by atoms with Crippen LogP contribution in [0.4, 0.5) is 5.69 Å². The minimum absolute atomic E-state index is 0.571. The molecule has 1 aliphatic heterocycles. The fourth-order valence-electron chi connectivity index (χ4n) is 1.78. The zero-order valence-electron chi connectivity index (χ0n) is 8.32. The van der Waals surface area contributed by atoms with Crippen LogP contribution in [0, 0.1) is 0 Å². The van der Waals surface area contributed by atoms with Gasteiger partial charge >= 0.3 is 0 Å². The molecule has 1 aliphatic rings. The first-order valence-corrected chi connectivity index (χ1v) is 6.05. The van der Waals surface area contributed by atoms with Crippen molar-refractivity contribution >= 4 is 17.4 Å². The lowest BCUT2D eigenvalue weighted by molar-refractivity contribution is 0.194. The highest BCUT2D eigenvalue weighted by atomic mass is 32.2. The van der Waals surface area contributed by atoms with Gasteiger partial charge in [-0.15, -0.1) is 11.8 Å². The van der Waals surface area contributed by atoms with Gasteiger partial charge in [-0.3, -0.25) is 0 Å². The molecule has 2 N–H and O–H groups in total. The Morgan fingerprint density at radius 1 is 1.50 bits per heavy atom. The van der Waals surface area contributed by atoms with Crippen LogP contribution in [0.5, 0.6) is 0 Å². The molecule has 1 heterocycles. The second-order valence-corrected chi connectivity index (χ2v) is 4.41. The maximum absolute atomic E-state index is 5.85. The molecule has 2 rings (SSSR count). The van der Waals surface area contributed by atoms with Crippen LogP contribution in [0.2, 0.25) is 0 Å². The summed E-state index contributed by atoms with van der Waals surface area (Å²) in [5.41, 5.74) is 8.08. The van der Waals surface area contributed by atoms with E-state index in [1.807, 2.05) is 6.07 Å². The number of ether oxygens (including phenoxy) is 1. The number of anilines is 1. The Morgan fingerprint density at radius 2 is 2.36 bits per heavy atom. The lowest BCUT2D eigenvalue weighted by Crippen LogP contribution is -1.99. The van der Waals surface area contributed by atoms with Crippen molar-refractivity contribution in [3.63, 3.8) is 0 Å². The largest absolute Gasteiger partial charge is 0.398 e. The number of rotatable bonds is 2. The van der Waals surface area contributed by atoms with Gasteiger partial charge in [0, 0.05) is 23.1 Å². The standard InChI is InChI=1S/C11H15NOS/c1-14-11-6-8(2-3-10(11)12)9-4-5-13-7-9/h2-3,6,9H,4-5,7,12H2,1H3. The monoisotopic (exact) mass is 209 g/mol. The van der Waals surface area contributed by atoms with Crippen LogP contribution >= 0.6 is 11.8 Å².